The van der Waals surface area contributed by atoms with Crippen molar-refractivity contribution in [2.45, 2.75) is 25.2 Å². The molecular formula is C23H21F3N2O3. The molecule has 0 radical (unpaired) electrons. The molecule has 0 aliphatic carbocycles. The molecule has 31 heavy (non-hydrogen) atoms. The molecule has 0 bridgehead atoms. The zero-order valence-electron chi connectivity index (χ0n) is 16.4. The maximum absolute atomic E-state index is 12.6. The molecule has 0 aromatic heterocycles. The van der Waals surface area contributed by atoms with E-state index in [1.165, 1.54) is 12.1 Å². The number of aliphatic hydroxyl groups excluding tert-OH is 1. The van der Waals surface area contributed by atoms with Crippen LogP contribution in [0, 0.1) is 0 Å². The van der Waals surface area contributed by atoms with Gasteiger partial charge in [-0.05, 0) is 34.0 Å². The van der Waals surface area contributed by atoms with Crippen LogP contribution in [0.1, 0.15) is 16.7 Å². The molecule has 1 atom stereocenters. The Morgan fingerprint density at radius 3 is 2.29 bits per heavy atom. The minimum Gasteiger partial charge on any atom is -0.394 e. The summed E-state index contributed by atoms with van der Waals surface area (Å²) in [6.45, 7) is -0.646. The number of alkyl halides is 3. The smallest absolute Gasteiger partial charge is 0.394 e. The van der Waals surface area contributed by atoms with Crippen molar-refractivity contribution < 1.29 is 27.9 Å². The van der Waals surface area contributed by atoms with Gasteiger partial charge in [0, 0.05) is 6.54 Å². The van der Waals surface area contributed by atoms with Crippen molar-refractivity contribution >= 4 is 22.6 Å². The van der Waals surface area contributed by atoms with Gasteiger partial charge < -0.3 is 15.7 Å². The summed E-state index contributed by atoms with van der Waals surface area (Å²) in [4.78, 5) is 24.7. The Morgan fingerprint density at radius 2 is 1.61 bits per heavy atom. The van der Waals surface area contributed by atoms with Gasteiger partial charge in [0.1, 0.15) is 6.04 Å². The van der Waals surface area contributed by atoms with Crippen molar-refractivity contribution in [3.05, 3.63) is 83.4 Å². The van der Waals surface area contributed by atoms with E-state index < -0.39 is 36.2 Å². The number of fused-ring (bicyclic) bond motifs is 1. The predicted molar refractivity (Wildman–Crippen MR) is 110 cm³/mol. The van der Waals surface area contributed by atoms with Crippen LogP contribution in [0.4, 0.5) is 13.2 Å². The zero-order chi connectivity index (χ0) is 22.4. The van der Waals surface area contributed by atoms with E-state index in [1.54, 1.807) is 0 Å². The van der Waals surface area contributed by atoms with Gasteiger partial charge in [-0.2, -0.15) is 13.2 Å². The lowest BCUT2D eigenvalue weighted by molar-refractivity contribution is -0.137. The molecule has 3 rings (SSSR count). The molecule has 8 heteroatoms. The summed E-state index contributed by atoms with van der Waals surface area (Å²) in [5.41, 5.74) is 0.467. The molecular weight excluding hydrogens is 409 g/mol. The summed E-state index contributed by atoms with van der Waals surface area (Å²) in [6.07, 6.45) is -4.40. The minimum atomic E-state index is -4.43. The highest BCUT2D eigenvalue weighted by atomic mass is 19.4. The van der Waals surface area contributed by atoms with Crippen LogP contribution < -0.4 is 10.6 Å². The van der Waals surface area contributed by atoms with Gasteiger partial charge >= 0.3 is 6.18 Å². The Balaban J connectivity index is 1.57. The molecule has 0 fully saturated rings. The lowest BCUT2D eigenvalue weighted by Gasteiger charge is -2.17. The van der Waals surface area contributed by atoms with E-state index in [0.717, 1.165) is 28.5 Å². The van der Waals surface area contributed by atoms with Crippen LogP contribution in [0.5, 0.6) is 0 Å². The Morgan fingerprint density at radius 1 is 0.935 bits per heavy atom. The second-order valence-electron chi connectivity index (χ2n) is 7.03. The molecule has 3 N–H and O–H groups in total. The Bertz CT molecular complexity index is 1060. The van der Waals surface area contributed by atoms with Crippen LogP contribution in [0.15, 0.2) is 66.7 Å². The molecule has 0 saturated carbocycles. The van der Waals surface area contributed by atoms with Crippen LogP contribution in [0.2, 0.25) is 0 Å². The number of carbonyl (C=O) groups is 2. The second kappa shape index (κ2) is 9.61. The molecule has 0 heterocycles. The van der Waals surface area contributed by atoms with Crippen LogP contribution in [0.3, 0.4) is 0 Å². The molecule has 1 unspecified atom stereocenters. The second-order valence-corrected chi connectivity index (χ2v) is 7.03. The van der Waals surface area contributed by atoms with Crippen molar-refractivity contribution in [2.75, 3.05) is 6.61 Å². The SMILES string of the molecule is O=C(Cc1cccc2ccccc12)NC(CO)C(=O)NCc1ccc(C(F)(F)F)cc1. The van der Waals surface area contributed by atoms with Gasteiger partial charge in [-0.25, -0.2) is 0 Å². The van der Waals surface area contributed by atoms with E-state index in [2.05, 4.69) is 10.6 Å². The molecule has 3 aromatic rings. The highest BCUT2D eigenvalue weighted by Crippen LogP contribution is 2.29. The van der Waals surface area contributed by atoms with Crippen LogP contribution >= 0.6 is 0 Å². The van der Waals surface area contributed by atoms with Gasteiger partial charge in [0.05, 0.1) is 18.6 Å². The number of hydrogen-bond acceptors (Lipinski definition) is 3. The van der Waals surface area contributed by atoms with Crippen LogP contribution in [-0.2, 0) is 28.7 Å². The fraction of sp³-hybridized carbons (Fsp3) is 0.217. The number of benzene rings is 3. The number of hydrogen-bond donors (Lipinski definition) is 3. The minimum absolute atomic E-state index is 0.0318. The van der Waals surface area contributed by atoms with E-state index >= 15 is 0 Å². The fourth-order valence-corrected chi connectivity index (χ4v) is 3.18. The molecule has 0 saturated heterocycles. The molecule has 0 spiro atoms. The van der Waals surface area contributed by atoms with Gasteiger partial charge in [-0.1, -0.05) is 54.6 Å². The number of amides is 2. The summed E-state index contributed by atoms with van der Waals surface area (Å²) in [6, 6.07) is 16.4. The number of nitrogens with one attached hydrogen (secondary N) is 2. The highest BCUT2D eigenvalue weighted by Gasteiger charge is 2.30. The average molecular weight is 430 g/mol. The number of aliphatic hydroxyl groups is 1. The molecule has 0 aliphatic rings. The van der Waals surface area contributed by atoms with Crippen molar-refractivity contribution in [3.63, 3.8) is 0 Å². The molecule has 5 nitrogen and oxygen atoms in total. The third-order valence-corrected chi connectivity index (χ3v) is 4.81. The topological polar surface area (TPSA) is 78.4 Å². The zero-order valence-corrected chi connectivity index (χ0v) is 16.4. The fourth-order valence-electron chi connectivity index (χ4n) is 3.18. The Labute approximate surface area is 176 Å². The first-order valence-electron chi connectivity index (χ1n) is 9.58. The highest BCUT2D eigenvalue weighted by molar-refractivity contribution is 5.92. The maximum atomic E-state index is 12.6. The standard InChI is InChI=1S/C23H21F3N2O3/c24-23(25,26)18-10-8-15(9-11-18)13-27-22(31)20(14-29)28-21(30)12-17-6-3-5-16-4-1-2-7-19(16)17/h1-11,20,29H,12-14H2,(H,27,31)(H,28,30). The lowest BCUT2D eigenvalue weighted by atomic mass is 10.0. The van der Waals surface area contributed by atoms with Crippen molar-refractivity contribution in [2.24, 2.45) is 0 Å². The van der Waals surface area contributed by atoms with Gasteiger partial charge in [0.15, 0.2) is 0 Å². The van der Waals surface area contributed by atoms with Crippen molar-refractivity contribution in [3.8, 4) is 0 Å². The lowest BCUT2D eigenvalue weighted by Crippen LogP contribution is -2.49. The van der Waals surface area contributed by atoms with E-state index in [1.807, 2.05) is 42.5 Å². The van der Waals surface area contributed by atoms with Crippen LogP contribution in [0.25, 0.3) is 10.8 Å². The monoisotopic (exact) mass is 430 g/mol. The van der Waals surface area contributed by atoms with Gasteiger partial charge in [0.25, 0.3) is 0 Å². The summed E-state index contributed by atoms with van der Waals surface area (Å²) in [5, 5.41) is 16.4. The number of rotatable bonds is 7. The third kappa shape index (κ3) is 5.82. The van der Waals surface area contributed by atoms with Crippen molar-refractivity contribution in [1.82, 2.24) is 10.6 Å². The molecule has 162 valence electrons. The first-order chi connectivity index (χ1) is 14.8. The molecule has 2 amide bonds. The van der Waals surface area contributed by atoms with Gasteiger partial charge in [-0.15, -0.1) is 0 Å². The van der Waals surface area contributed by atoms with Gasteiger partial charge in [0.2, 0.25) is 11.8 Å². The van der Waals surface area contributed by atoms with Gasteiger partial charge in [-0.3, -0.25) is 9.59 Å². The largest absolute Gasteiger partial charge is 0.416 e. The number of halogens is 3. The summed E-state index contributed by atoms with van der Waals surface area (Å²) >= 11 is 0. The van der Waals surface area contributed by atoms with Crippen molar-refractivity contribution in [1.29, 1.82) is 0 Å². The Kier molecular flexibility index (Phi) is 6.91. The normalized spacial score (nSPS) is 12.4. The third-order valence-electron chi connectivity index (χ3n) is 4.81. The van der Waals surface area contributed by atoms with E-state index in [0.29, 0.717) is 5.56 Å². The summed E-state index contributed by atoms with van der Waals surface area (Å²) < 4.78 is 37.8. The van der Waals surface area contributed by atoms with E-state index in [-0.39, 0.29) is 13.0 Å². The predicted octanol–water partition coefficient (Wildman–Crippen LogP) is 3.19. The van der Waals surface area contributed by atoms with E-state index in [9.17, 15) is 27.9 Å². The molecule has 3 aromatic carbocycles. The quantitative estimate of drug-likeness (QED) is 0.539. The van der Waals surface area contributed by atoms with Crippen LogP contribution in [-0.4, -0.2) is 29.6 Å². The average Bonchev–Trinajstić information content (AvgIpc) is 2.75. The Hall–Kier alpha value is -3.39. The first kappa shape index (κ1) is 22.3. The number of carbonyl (C=O) groups excluding carboxylic acids is 2. The molecule has 0 aliphatic heterocycles. The van der Waals surface area contributed by atoms with E-state index in [4.69, 9.17) is 0 Å². The maximum Gasteiger partial charge on any atom is 0.416 e. The first-order valence-corrected chi connectivity index (χ1v) is 9.58. The summed E-state index contributed by atoms with van der Waals surface area (Å²) in [7, 11) is 0. The summed E-state index contributed by atoms with van der Waals surface area (Å²) in [5.74, 6) is -1.06.